The molecule has 0 amide bonds. The van der Waals surface area contributed by atoms with E-state index in [0.717, 1.165) is 57.1 Å². The van der Waals surface area contributed by atoms with Crippen molar-refractivity contribution in [3.63, 3.8) is 0 Å². The van der Waals surface area contributed by atoms with Gasteiger partial charge in [0, 0.05) is 22.9 Å². The highest BCUT2D eigenvalue weighted by atomic mass is 16.3. The van der Waals surface area contributed by atoms with Crippen LogP contribution in [0.15, 0.2) is 33.9 Å². The first-order chi connectivity index (χ1) is 14.7. The zero-order valence-corrected chi connectivity index (χ0v) is 19.6. The van der Waals surface area contributed by atoms with Gasteiger partial charge in [0.25, 0.3) is 0 Å². The van der Waals surface area contributed by atoms with Gasteiger partial charge < -0.3 is 15.5 Å². The van der Waals surface area contributed by atoms with E-state index in [2.05, 4.69) is 39.1 Å². The fourth-order valence-corrected chi connectivity index (χ4v) is 7.76. The average molecular weight is 426 g/mol. The molecule has 1 saturated heterocycles. The second kappa shape index (κ2) is 7.67. The Morgan fingerprint density at radius 3 is 2.77 bits per heavy atom. The first kappa shape index (κ1) is 21.6. The van der Waals surface area contributed by atoms with Crippen molar-refractivity contribution >= 4 is 5.78 Å². The van der Waals surface area contributed by atoms with Crippen LogP contribution in [0.3, 0.4) is 0 Å². The fraction of sp³-hybridized carbons (Fsp3) is 0.741. The van der Waals surface area contributed by atoms with Gasteiger partial charge >= 0.3 is 0 Å². The Hall–Kier alpha value is -1.23. The van der Waals surface area contributed by atoms with Crippen LogP contribution in [0.25, 0.3) is 0 Å². The lowest BCUT2D eigenvalue weighted by molar-refractivity contribution is -0.119. The molecule has 0 spiro atoms. The third-order valence-corrected chi connectivity index (χ3v) is 9.51. The van der Waals surface area contributed by atoms with E-state index >= 15 is 0 Å². The molecule has 2 fully saturated rings. The molecular formula is C27H39NO3. The van der Waals surface area contributed by atoms with E-state index in [4.69, 9.17) is 0 Å². The number of hydrogen-bond acceptors (Lipinski definition) is 4. The van der Waals surface area contributed by atoms with E-state index in [9.17, 15) is 15.0 Å². The number of piperidine rings is 1. The molecule has 4 aliphatic carbocycles. The van der Waals surface area contributed by atoms with Gasteiger partial charge in [0.1, 0.15) is 0 Å². The van der Waals surface area contributed by atoms with Gasteiger partial charge in [-0.3, -0.25) is 4.79 Å². The quantitative estimate of drug-likeness (QED) is 0.583. The molecule has 1 heterocycles. The van der Waals surface area contributed by atoms with Crippen LogP contribution in [0, 0.1) is 29.1 Å². The third-order valence-electron chi connectivity index (χ3n) is 9.51. The van der Waals surface area contributed by atoms with Gasteiger partial charge in [-0.1, -0.05) is 49.1 Å². The summed E-state index contributed by atoms with van der Waals surface area (Å²) in [6, 6.07) is 0.0856. The number of ketones is 1. The van der Waals surface area contributed by atoms with E-state index in [1.54, 1.807) is 0 Å². The Kier molecular flexibility index (Phi) is 5.35. The van der Waals surface area contributed by atoms with Crippen LogP contribution in [0.2, 0.25) is 0 Å². The molecule has 0 aromatic rings. The molecule has 0 bridgehead atoms. The highest BCUT2D eigenvalue weighted by Crippen LogP contribution is 2.59. The molecule has 3 N–H and O–H groups in total. The molecule has 0 unspecified atom stereocenters. The summed E-state index contributed by atoms with van der Waals surface area (Å²) < 4.78 is 0. The lowest BCUT2D eigenvalue weighted by atomic mass is 9.62. The van der Waals surface area contributed by atoms with Crippen molar-refractivity contribution in [1.82, 2.24) is 5.32 Å². The van der Waals surface area contributed by atoms with Crippen LogP contribution in [-0.2, 0) is 4.79 Å². The number of aliphatic hydroxyl groups is 2. The third kappa shape index (κ3) is 3.24. The van der Waals surface area contributed by atoms with E-state index in [1.165, 1.54) is 22.3 Å². The molecule has 0 radical (unpaired) electrons. The molecule has 0 aromatic heterocycles. The minimum Gasteiger partial charge on any atom is -0.393 e. The van der Waals surface area contributed by atoms with Crippen LogP contribution < -0.4 is 5.32 Å². The number of carbonyl (C=O) groups excluding carboxylic acids is 1. The van der Waals surface area contributed by atoms with Crippen molar-refractivity contribution in [2.24, 2.45) is 29.1 Å². The molecule has 4 heteroatoms. The van der Waals surface area contributed by atoms with Gasteiger partial charge in [0.2, 0.25) is 0 Å². The van der Waals surface area contributed by atoms with Crippen LogP contribution in [0.5, 0.6) is 0 Å². The Balaban J connectivity index is 1.44. The molecule has 5 aliphatic rings. The molecule has 31 heavy (non-hydrogen) atoms. The van der Waals surface area contributed by atoms with Gasteiger partial charge in [-0.25, -0.2) is 0 Å². The fourth-order valence-electron chi connectivity index (χ4n) is 7.76. The van der Waals surface area contributed by atoms with Gasteiger partial charge in [-0.2, -0.15) is 0 Å². The summed E-state index contributed by atoms with van der Waals surface area (Å²) in [6.07, 6.45) is 7.97. The highest BCUT2D eigenvalue weighted by molar-refractivity contribution is 6.05. The molecule has 8 atom stereocenters. The predicted molar refractivity (Wildman–Crippen MR) is 122 cm³/mol. The zero-order valence-electron chi connectivity index (χ0n) is 19.6. The molecule has 1 saturated carbocycles. The largest absolute Gasteiger partial charge is 0.393 e. The van der Waals surface area contributed by atoms with Gasteiger partial charge in [-0.15, -0.1) is 0 Å². The van der Waals surface area contributed by atoms with E-state index in [1.807, 2.05) is 0 Å². The topological polar surface area (TPSA) is 69.6 Å². The van der Waals surface area contributed by atoms with Crippen LogP contribution in [0.1, 0.15) is 72.6 Å². The maximum Gasteiger partial charge on any atom is 0.167 e. The SMILES string of the molecule is CC1=C([C@H](C)[C@@H]2NC[C@H](C)C[C@@H]2O)CC[C@@H]2C3=C(C(=O)[C@H]12)[C@@]1(C)CC[C@H](O)CC1=CC3. The Morgan fingerprint density at radius 2 is 2.03 bits per heavy atom. The number of hydrogen-bond donors (Lipinski definition) is 3. The first-order valence-electron chi connectivity index (χ1n) is 12.5. The monoisotopic (exact) mass is 425 g/mol. The van der Waals surface area contributed by atoms with Crippen LogP contribution in [0.4, 0.5) is 0 Å². The Bertz CT molecular complexity index is 883. The summed E-state index contributed by atoms with van der Waals surface area (Å²) in [5, 5.41) is 24.5. The van der Waals surface area contributed by atoms with Crippen molar-refractivity contribution in [2.45, 2.75) is 90.9 Å². The standard InChI is InChI=1S/C27H39NO3/c1-14-11-22(30)25(28-13-14)16(3)19-7-8-20-21-6-5-17-12-18(29)9-10-27(17,4)24(21)26(31)23(20)15(19)2/h5,14,16,18,20,22-23,25,28-30H,6-13H2,1-4H3/t14-,16+,18+,20-,22+,23-,25+,27+/m1/s1. The molecule has 4 nitrogen and oxygen atoms in total. The lowest BCUT2D eigenvalue weighted by Crippen LogP contribution is -2.52. The minimum absolute atomic E-state index is 0.00715. The van der Waals surface area contributed by atoms with Gasteiger partial charge in [0.05, 0.1) is 12.2 Å². The number of nitrogens with one attached hydrogen (secondary N) is 1. The van der Waals surface area contributed by atoms with E-state index in [-0.39, 0.29) is 35.5 Å². The average Bonchev–Trinajstić information content (AvgIpc) is 3.02. The van der Waals surface area contributed by atoms with Gasteiger partial charge in [-0.05, 0) is 76.2 Å². The zero-order chi connectivity index (χ0) is 22.1. The second-order valence-electron chi connectivity index (χ2n) is 11.4. The van der Waals surface area contributed by atoms with E-state index < -0.39 is 0 Å². The molecule has 170 valence electrons. The second-order valence-corrected chi connectivity index (χ2v) is 11.4. The van der Waals surface area contributed by atoms with E-state index in [0.29, 0.717) is 17.6 Å². The van der Waals surface area contributed by atoms with Gasteiger partial charge in [0.15, 0.2) is 5.78 Å². The first-order valence-corrected chi connectivity index (χ1v) is 12.5. The summed E-state index contributed by atoms with van der Waals surface area (Å²) in [4.78, 5) is 13.9. The van der Waals surface area contributed by atoms with Crippen molar-refractivity contribution < 1.29 is 15.0 Å². The summed E-state index contributed by atoms with van der Waals surface area (Å²) in [6.45, 7) is 9.83. The smallest absolute Gasteiger partial charge is 0.167 e. The molecule has 5 rings (SSSR count). The number of fused-ring (bicyclic) bond motifs is 4. The molecular weight excluding hydrogens is 386 g/mol. The van der Waals surface area contributed by atoms with Crippen molar-refractivity contribution in [2.75, 3.05) is 6.54 Å². The van der Waals surface area contributed by atoms with Crippen molar-refractivity contribution in [1.29, 1.82) is 0 Å². The Labute approximate surface area is 186 Å². The molecule has 0 aromatic carbocycles. The number of aliphatic hydroxyl groups excluding tert-OH is 2. The number of rotatable bonds is 2. The summed E-state index contributed by atoms with van der Waals surface area (Å²) in [5.74, 6) is 1.46. The van der Waals surface area contributed by atoms with Crippen molar-refractivity contribution in [3.05, 3.63) is 33.9 Å². The summed E-state index contributed by atoms with van der Waals surface area (Å²) in [7, 11) is 0. The molecule has 1 aliphatic heterocycles. The normalized spacial score (nSPS) is 43.9. The lowest BCUT2D eigenvalue weighted by Gasteiger charge is -2.42. The summed E-state index contributed by atoms with van der Waals surface area (Å²) >= 11 is 0. The number of Topliss-reactive ketones (excluding diaryl/α,β-unsaturated/α-hetero) is 1. The van der Waals surface area contributed by atoms with Crippen LogP contribution in [-0.4, -0.2) is 40.8 Å². The number of allylic oxidation sites excluding steroid dienone is 4. The maximum absolute atomic E-state index is 13.9. The summed E-state index contributed by atoms with van der Waals surface area (Å²) in [5.41, 5.74) is 6.29. The minimum atomic E-state index is -0.318. The maximum atomic E-state index is 13.9. The Morgan fingerprint density at radius 1 is 1.26 bits per heavy atom. The highest BCUT2D eigenvalue weighted by Gasteiger charge is 2.53. The van der Waals surface area contributed by atoms with Crippen molar-refractivity contribution in [3.8, 4) is 0 Å². The number of carbonyl (C=O) groups is 1. The predicted octanol–water partition coefficient (Wildman–Crippen LogP) is 4.08. The van der Waals surface area contributed by atoms with Crippen LogP contribution >= 0.6 is 0 Å².